The molecule has 1 aliphatic rings. The number of aromatic nitrogens is 1. The first kappa shape index (κ1) is 13.0. The molecule has 1 fully saturated rings. The number of aryl methyl sites for hydroxylation is 2. The molecule has 0 radical (unpaired) electrons. The van der Waals surface area contributed by atoms with Crippen LogP contribution in [0.2, 0.25) is 0 Å². The van der Waals surface area contributed by atoms with Crippen molar-refractivity contribution in [2.75, 3.05) is 6.54 Å². The fourth-order valence-corrected chi connectivity index (χ4v) is 3.64. The lowest BCUT2D eigenvalue weighted by Gasteiger charge is -2.16. The Morgan fingerprint density at radius 1 is 1.47 bits per heavy atom. The molecular formula is C13H23N3S. The van der Waals surface area contributed by atoms with Crippen LogP contribution in [0.15, 0.2) is 0 Å². The zero-order valence-electron chi connectivity index (χ0n) is 11.0. The number of nitrogens with two attached hydrogens (primary N) is 1. The maximum Gasteiger partial charge on any atom is 0.0900 e. The topological polar surface area (TPSA) is 50.9 Å². The number of nitrogens with one attached hydrogen (secondary N) is 1. The summed E-state index contributed by atoms with van der Waals surface area (Å²) in [6, 6.07) is 0.850. The van der Waals surface area contributed by atoms with E-state index in [4.69, 9.17) is 5.73 Å². The molecule has 0 spiro atoms. The highest BCUT2D eigenvalue weighted by atomic mass is 32.1. The van der Waals surface area contributed by atoms with Gasteiger partial charge in [-0.3, -0.25) is 0 Å². The average molecular weight is 253 g/mol. The summed E-state index contributed by atoms with van der Waals surface area (Å²) in [5.41, 5.74) is 7.11. The number of nitrogens with zero attached hydrogens (tertiary/aromatic N) is 1. The highest BCUT2D eigenvalue weighted by Gasteiger charge is 2.22. The fraction of sp³-hybridized carbons (Fsp3) is 0.769. The first-order valence-electron chi connectivity index (χ1n) is 6.49. The minimum Gasteiger partial charge on any atom is -0.328 e. The number of hydrogen-bond acceptors (Lipinski definition) is 4. The molecule has 0 bridgehead atoms. The van der Waals surface area contributed by atoms with Gasteiger partial charge in [-0.2, -0.15) is 0 Å². The molecule has 3 nitrogen and oxygen atoms in total. The number of hydrogen-bond donors (Lipinski definition) is 2. The molecule has 3 N–H and O–H groups in total. The minimum absolute atomic E-state index is 0.415. The van der Waals surface area contributed by atoms with Crippen molar-refractivity contribution in [2.24, 2.45) is 11.7 Å². The molecule has 1 aliphatic carbocycles. The van der Waals surface area contributed by atoms with E-state index in [-0.39, 0.29) is 0 Å². The van der Waals surface area contributed by atoms with Crippen LogP contribution in [0.4, 0.5) is 0 Å². The van der Waals surface area contributed by atoms with Gasteiger partial charge in [-0.15, -0.1) is 11.3 Å². The monoisotopic (exact) mass is 253 g/mol. The highest BCUT2D eigenvalue weighted by molar-refractivity contribution is 7.11. The van der Waals surface area contributed by atoms with Gasteiger partial charge in [-0.05, 0) is 52.5 Å². The third-order valence-electron chi connectivity index (χ3n) is 3.63. The first-order valence-corrected chi connectivity index (χ1v) is 7.30. The van der Waals surface area contributed by atoms with E-state index in [1.165, 1.54) is 29.8 Å². The van der Waals surface area contributed by atoms with Gasteiger partial charge in [0.25, 0.3) is 0 Å². The van der Waals surface area contributed by atoms with Gasteiger partial charge >= 0.3 is 0 Å². The molecule has 3 atom stereocenters. The molecule has 17 heavy (non-hydrogen) atoms. The Labute approximate surface area is 108 Å². The lowest BCUT2D eigenvalue weighted by molar-refractivity contribution is 0.450. The van der Waals surface area contributed by atoms with Crippen molar-refractivity contribution < 1.29 is 0 Å². The third-order valence-corrected chi connectivity index (χ3v) is 4.88. The van der Waals surface area contributed by atoms with E-state index in [1.54, 1.807) is 0 Å². The van der Waals surface area contributed by atoms with Gasteiger partial charge < -0.3 is 11.1 Å². The predicted octanol–water partition coefficient (Wildman–Crippen LogP) is 2.54. The molecule has 3 unspecified atom stereocenters. The van der Waals surface area contributed by atoms with Crippen molar-refractivity contribution in [2.45, 2.75) is 52.1 Å². The summed E-state index contributed by atoms with van der Waals surface area (Å²) in [6.45, 7) is 7.49. The zero-order valence-corrected chi connectivity index (χ0v) is 11.8. The van der Waals surface area contributed by atoms with Crippen LogP contribution in [-0.2, 0) is 0 Å². The lowest BCUT2D eigenvalue weighted by atomic mass is 10.1. The molecule has 1 heterocycles. The van der Waals surface area contributed by atoms with Gasteiger partial charge in [0.1, 0.15) is 0 Å². The molecule has 0 amide bonds. The van der Waals surface area contributed by atoms with Crippen LogP contribution < -0.4 is 11.1 Å². The van der Waals surface area contributed by atoms with Crippen LogP contribution in [0.25, 0.3) is 0 Å². The maximum atomic E-state index is 5.93. The Hall–Kier alpha value is -0.450. The second-order valence-corrected chi connectivity index (χ2v) is 6.49. The first-order chi connectivity index (χ1) is 8.06. The van der Waals surface area contributed by atoms with Gasteiger partial charge in [0.05, 0.1) is 10.7 Å². The fourth-order valence-electron chi connectivity index (χ4n) is 2.68. The quantitative estimate of drug-likeness (QED) is 0.867. The van der Waals surface area contributed by atoms with E-state index in [2.05, 4.69) is 31.1 Å². The summed E-state index contributed by atoms with van der Waals surface area (Å²) < 4.78 is 0. The summed E-state index contributed by atoms with van der Waals surface area (Å²) in [5.74, 6) is 0.766. The van der Waals surface area contributed by atoms with Crippen LogP contribution >= 0.6 is 11.3 Å². The highest BCUT2D eigenvalue weighted by Crippen LogP contribution is 2.27. The normalized spacial score (nSPS) is 26.4. The molecule has 0 aliphatic heterocycles. The van der Waals surface area contributed by atoms with Crippen LogP contribution in [-0.4, -0.2) is 17.6 Å². The molecule has 96 valence electrons. The van der Waals surface area contributed by atoms with E-state index >= 15 is 0 Å². The molecule has 0 saturated heterocycles. The van der Waals surface area contributed by atoms with Crippen molar-refractivity contribution in [3.63, 3.8) is 0 Å². The van der Waals surface area contributed by atoms with Gasteiger partial charge in [0, 0.05) is 17.0 Å². The number of thiazole rings is 1. The van der Waals surface area contributed by atoms with Crippen LogP contribution in [0.5, 0.6) is 0 Å². The maximum absolute atomic E-state index is 5.93. The third kappa shape index (κ3) is 3.27. The van der Waals surface area contributed by atoms with E-state index < -0.39 is 0 Å². The Kier molecular flexibility index (Phi) is 4.17. The Balaban J connectivity index is 1.85. The van der Waals surface area contributed by atoms with E-state index in [0.717, 1.165) is 17.5 Å². The summed E-state index contributed by atoms with van der Waals surface area (Å²) in [7, 11) is 0. The van der Waals surface area contributed by atoms with Crippen molar-refractivity contribution in [3.8, 4) is 0 Å². The summed E-state index contributed by atoms with van der Waals surface area (Å²) >= 11 is 1.81. The molecule has 1 saturated carbocycles. The SMILES string of the molecule is Cc1nc(C)c(C(C)NCC2CCC(N)C2)s1. The van der Waals surface area contributed by atoms with Crippen molar-refractivity contribution >= 4 is 11.3 Å². The van der Waals surface area contributed by atoms with Crippen molar-refractivity contribution in [1.29, 1.82) is 0 Å². The summed E-state index contributed by atoms with van der Waals surface area (Å²) in [5, 5.41) is 4.79. The smallest absolute Gasteiger partial charge is 0.0900 e. The van der Waals surface area contributed by atoms with Crippen molar-refractivity contribution in [1.82, 2.24) is 10.3 Å². The molecular weight excluding hydrogens is 230 g/mol. The molecule has 0 aromatic carbocycles. The van der Waals surface area contributed by atoms with Crippen LogP contribution in [0.1, 0.15) is 47.8 Å². The lowest BCUT2D eigenvalue weighted by Crippen LogP contribution is -2.25. The second-order valence-electron chi connectivity index (χ2n) is 5.25. The Morgan fingerprint density at radius 2 is 2.24 bits per heavy atom. The zero-order chi connectivity index (χ0) is 12.4. The van der Waals surface area contributed by atoms with Gasteiger partial charge in [-0.25, -0.2) is 4.98 Å². The second kappa shape index (κ2) is 5.46. The van der Waals surface area contributed by atoms with E-state index in [1.807, 2.05) is 11.3 Å². The predicted molar refractivity (Wildman–Crippen MR) is 73.3 cm³/mol. The molecule has 1 aromatic rings. The van der Waals surface area contributed by atoms with E-state index in [9.17, 15) is 0 Å². The largest absolute Gasteiger partial charge is 0.328 e. The van der Waals surface area contributed by atoms with E-state index in [0.29, 0.717) is 12.1 Å². The Bertz CT molecular complexity index is 375. The number of rotatable bonds is 4. The molecule has 2 rings (SSSR count). The Morgan fingerprint density at radius 3 is 2.76 bits per heavy atom. The van der Waals surface area contributed by atoms with Gasteiger partial charge in [0.15, 0.2) is 0 Å². The van der Waals surface area contributed by atoms with Gasteiger partial charge in [0.2, 0.25) is 0 Å². The summed E-state index contributed by atoms with van der Waals surface area (Å²) in [6.07, 6.45) is 3.65. The average Bonchev–Trinajstić information content (AvgIpc) is 2.81. The van der Waals surface area contributed by atoms with Crippen LogP contribution in [0.3, 0.4) is 0 Å². The minimum atomic E-state index is 0.415. The van der Waals surface area contributed by atoms with Crippen molar-refractivity contribution in [3.05, 3.63) is 15.6 Å². The standard InChI is InChI=1S/C13H23N3S/c1-8(13-9(2)16-10(3)17-13)15-7-11-4-5-12(14)6-11/h8,11-12,15H,4-7,14H2,1-3H3. The summed E-state index contributed by atoms with van der Waals surface area (Å²) in [4.78, 5) is 5.86. The molecule has 4 heteroatoms. The van der Waals surface area contributed by atoms with Crippen LogP contribution in [0, 0.1) is 19.8 Å². The van der Waals surface area contributed by atoms with Gasteiger partial charge in [-0.1, -0.05) is 0 Å². The molecule has 1 aromatic heterocycles.